The number of nitrogens with zero attached hydrogens (tertiary/aromatic N) is 2. The van der Waals surface area contributed by atoms with Gasteiger partial charge in [-0.15, -0.1) is 0 Å². The average Bonchev–Trinajstić information content (AvgIpc) is 2.87. The van der Waals surface area contributed by atoms with Gasteiger partial charge in [0.15, 0.2) is 0 Å². The number of hydrogen-bond donors (Lipinski definition) is 3. The first-order valence-electron chi connectivity index (χ1n) is 12.6. The number of pyridine rings is 1. The molecule has 2 aromatic carbocycles. The lowest BCUT2D eigenvalue weighted by molar-refractivity contribution is 0.0714. The molecule has 2 aliphatic rings. The van der Waals surface area contributed by atoms with Crippen molar-refractivity contribution in [1.29, 1.82) is 0 Å². The Balaban J connectivity index is 1.34. The van der Waals surface area contributed by atoms with Crippen LogP contribution in [0.5, 0.6) is 0 Å². The molecule has 1 aliphatic heterocycles. The SMILES string of the molecule is NC1(c2ccccc2F)CCN(Cc2cc(C(=O)N[C@H]3CCCCC3O)nc3ccccc23)CC1. The van der Waals surface area contributed by atoms with E-state index in [-0.39, 0.29) is 17.8 Å². The van der Waals surface area contributed by atoms with Crippen LogP contribution in [0.15, 0.2) is 54.6 Å². The third-order valence-corrected chi connectivity index (χ3v) is 7.63. The lowest BCUT2D eigenvalue weighted by atomic mass is 9.81. The van der Waals surface area contributed by atoms with E-state index in [2.05, 4.69) is 15.2 Å². The lowest BCUT2D eigenvalue weighted by Crippen LogP contribution is -2.48. The maximum absolute atomic E-state index is 14.4. The van der Waals surface area contributed by atoms with Crippen molar-refractivity contribution in [2.45, 2.75) is 62.8 Å². The molecule has 6 nitrogen and oxygen atoms in total. The molecule has 184 valence electrons. The van der Waals surface area contributed by atoms with Crippen molar-refractivity contribution in [1.82, 2.24) is 15.2 Å². The van der Waals surface area contributed by atoms with E-state index in [1.165, 1.54) is 6.07 Å². The smallest absolute Gasteiger partial charge is 0.270 e. The fourth-order valence-corrected chi connectivity index (χ4v) is 5.50. The Morgan fingerprint density at radius 3 is 2.60 bits per heavy atom. The number of hydrogen-bond acceptors (Lipinski definition) is 5. The molecule has 1 unspecified atom stereocenters. The zero-order valence-corrected chi connectivity index (χ0v) is 19.9. The van der Waals surface area contributed by atoms with E-state index in [0.717, 1.165) is 48.8 Å². The van der Waals surface area contributed by atoms with Crippen LogP contribution in [-0.4, -0.2) is 46.1 Å². The average molecular weight is 477 g/mol. The van der Waals surface area contributed by atoms with Crippen molar-refractivity contribution in [3.05, 3.63) is 77.2 Å². The third-order valence-electron chi connectivity index (χ3n) is 7.63. The number of carbonyl (C=O) groups excluding carboxylic acids is 1. The normalized spacial score (nSPS) is 22.7. The molecule has 2 fully saturated rings. The summed E-state index contributed by atoms with van der Waals surface area (Å²) in [6, 6.07) is 16.3. The van der Waals surface area contributed by atoms with Gasteiger partial charge in [0.2, 0.25) is 0 Å². The molecule has 3 aromatic rings. The van der Waals surface area contributed by atoms with Gasteiger partial charge in [-0.3, -0.25) is 9.69 Å². The van der Waals surface area contributed by atoms with Gasteiger partial charge < -0.3 is 16.2 Å². The number of carbonyl (C=O) groups is 1. The highest BCUT2D eigenvalue weighted by Gasteiger charge is 2.34. The second-order valence-electron chi connectivity index (χ2n) is 10.0. The molecule has 1 aliphatic carbocycles. The van der Waals surface area contributed by atoms with E-state index in [1.54, 1.807) is 12.1 Å². The molecule has 2 heterocycles. The van der Waals surface area contributed by atoms with Crippen LogP contribution in [0.3, 0.4) is 0 Å². The molecule has 1 saturated carbocycles. The number of nitrogens with two attached hydrogens (primary N) is 1. The van der Waals surface area contributed by atoms with E-state index < -0.39 is 11.6 Å². The number of nitrogens with one attached hydrogen (secondary N) is 1. The maximum atomic E-state index is 14.4. The van der Waals surface area contributed by atoms with E-state index in [4.69, 9.17) is 5.73 Å². The standard InChI is InChI=1S/C28H33FN4O2/c29-22-9-3-2-8-21(22)28(30)13-15-33(16-14-28)18-19-17-25(31-23-10-4-1-7-20(19)23)27(35)32-24-11-5-6-12-26(24)34/h1-4,7-10,17,24,26,34H,5-6,11-16,18,30H2,(H,32,35)/t24-,26?/m0/s1. The largest absolute Gasteiger partial charge is 0.391 e. The van der Waals surface area contributed by atoms with Crippen LogP contribution < -0.4 is 11.1 Å². The number of benzene rings is 2. The van der Waals surface area contributed by atoms with Gasteiger partial charge in [-0.05, 0) is 49.4 Å². The molecular weight excluding hydrogens is 443 g/mol. The lowest BCUT2D eigenvalue weighted by Gasteiger charge is -2.39. The number of rotatable bonds is 5. The van der Waals surface area contributed by atoms with E-state index in [1.807, 2.05) is 36.4 Å². The fourth-order valence-electron chi connectivity index (χ4n) is 5.50. The summed E-state index contributed by atoms with van der Waals surface area (Å²) < 4.78 is 14.4. The summed E-state index contributed by atoms with van der Waals surface area (Å²) in [5, 5.41) is 14.3. The second-order valence-corrected chi connectivity index (χ2v) is 10.0. The zero-order valence-electron chi connectivity index (χ0n) is 19.9. The summed E-state index contributed by atoms with van der Waals surface area (Å²) in [5.41, 5.74) is 8.72. The molecular formula is C28H33FN4O2. The summed E-state index contributed by atoms with van der Waals surface area (Å²) in [5.74, 6) is -0.496. The maximum Gasteiger partial charge on any atom is 0.270 e. The third kappa shape index (κ3) is 5.08. The number of aromatic nitrogens is 1. The minimum Gasteiger partial charge on any atom is -0.391 e. The summed E-state index contributed by atoms with van der Waals surface area (Å²) in [6.07, 6.45) is 4.29. The van der Waals surface area contributed by atoms with Gasteiger partial charge in [0, 0.05) is 36.1 Å². The molecule has 2 atom stereocenters. The Labute approximate surface area is 205 Å². The highest BCUT2D eigenvalue weighted by Crippen LogP contribution is 2.33. The van der Waals surface area contributed by atoms with E-state index >= 15 is 0 Å². The van der Waals surface area contributed by atoms with Gasteiger partial charge in [-0.1, -0.05) is 49.2 Å². The Bertz CT molecular complexity index is 1210. The molecule has 5 rings (SSSR count). The fraction of sp³-hybridized carbons (Fsp3) is 0.429. The first-order valence-corrected chi connectivity index (χ1v) is 12.6. The minimum atomic E-state index is -0.673. The van der Waals surface area contributed by atoms with Crippen LogP contribution in [0.4, 0.5) is 4.39 Å². The minimum absolute atomic E-state index is 0.230. The number of halogens is 1. The van der Waals surface area contributed by atoms with Crippen LogP contribution >= 0.6 is 0 Å². The van der Waals surface area contributed by atoms with Crippen LogP contribution in [0.1, 0.15) is 60.1 Å². The van der Waals surface area contributed by atoms with Gasteiger partial charge in [-0.25, -0.2) is 9.37 Å². The first kappa shape index (κ1) is 23.9. The quantitative estimate of drug-likeness (QED) is 0.520. The Morgan fingerprint density at radius 2 is 1.83 bits per heavy atom. The predicted molar refractivity (Wildman–Crippen MR) is 134 cm³/mol. The molecule has 4 N–H and O–H groups in total. The number of fused-ring (bicyclic) bond motifs is 1. The van der Waals surface area contributed by atoms with E-state index in [9.17, 15) is 14.3 Å². The monoisotopic (exact) mass is 476 g/mol. The van der Waals surface area contributed by atoms with Gasteiger partial charge in [0.25, 0.3) is 5.91 Å². The second kappa shape index (κ2) is 10.0. The zero-order chi connectivity index (χ0) is 24.4. The van der Waals surface area contributed by atoms with Crippen molar-refractivity contribution in [2.75, 3.05) is 13.1 Å². The number of aliphatic hydroxyl groups is 1. The summed E-state index contributed by atoms with van der Waals surface area (Å²) in [4.78, 5) is 20.0. The highest BCUT2D eigenvalue weighted by atomic mass is 19.1. The topological polar surface area (TPSA) is 91.5 Å². The summed E-state index contributed by atoms with van der Waals surface area (Å²) in [6.45, 7) is 2.12. The summed E-state index contributed by atoms with van der Waals surface area (Å²) in [7, 11) is 0. The molecule has 7 heteroatoms. The van der Waals surface area contributed by atoms with Crippen LogP contribution in [0.25, 0.3) is 10.9 Å². The van der Waals surface area contributed by atoms with Crippen LogP contribution in [-0.2, 0) is 12.1 Å². The molecule has 0 bridgehead atoms. The van der Waals surface area contributed by atoms with Gasteiger partial charge in [0.1, 0.15) is 11.5 Å². The van der Waals surface area contributed by atoms with Crippen LogP contribution in [0.2, 0.25) is 0 Å². The molecule has 0 radical (unpaired) electrons. The number of aliphatic hydroxyl groups excluding tert-OH is 1. The summed E-state index contributed by atoms with van der Waals surface area (Å²) >= 11 is 0. The van der Waals surface area contributed by atoms with Crippen LogP contribution in [0, 0.1) is 5.82 Å². The number of likely N-dealkylation sites (tertiary alicyclic amines) is 1. The Hall–Kier alpha value is -2.87. The molecule has 0 spiro atoms. The first-order chi connectivity index (χ1) is 16.9. The molecule has 35 heavy (non-hydrogen) atoms. The van der Waals surface area contributed by atoms with E-state index in [0.29, 0.717) is 37.1 Å². The molecule has 1 aromatic heterocycles. The van der Waals surface area contributed by atoms with Crippen molar-refractivity contribution >= 4 is 16.8 Å². The van der Waals surface area contributed by atoms with Gasteiger partial charge >= 0.3 is 0 Å². The van der Waals surface area contributed by atoms with Crippen molar-refractivity contribution in [3.8, 4) is 0 Å². The van der Waals surface area contributed by atoms with Gasteiger partial charge in [-0.2, -0.15) is 0 Å². The van der Waals surface area contributed by atoms with Crippen molar-refractivity contribution in [3.63, 3.8) is 0 Å². The van der Waals surface area contributed by atoms with Crippen molar-refractivity contribution in [2.24, 2.45) is 5.73 Å². The Kier molecular flexibility index (Phi) is 6.82. The molecule has 1 amide bonds. The predicted octanol–water partition coefficient (Wildman–Crippen LogP) is 3.86. The van der Waals surface area contributed by atoms with Crippen molar-refractivity contribution < 1.29 is 14.3 Å². The highest BCUT2D eigenvalue weighted by molar-refractivity contribution is 5.96. The van der Waals surface area contributed by atoms with Gasteiger partial charge in [0.05, 0.1) is 17.7 Å². The number of para-hydroxylation sites is 1. The number of amides is 1. The number of piperidine rings is 1. The Morgan fingerprint density at radius 1 is 1.11 bits per heavy atom. The molecule has 1 saturated heterocycles.